The van der Waals surface area contributed by atoms with Gasteiger partial charge >= 0.3 is 17.9 Å². The van der Waals surface area contributed by atoms with Crippen LogP contribution in [0.1, 0.15) is 278 Å². The van der Waals surface area contributed by atoms with Crippen molar-refractivity contribution in [1.82, 2.24) is 0 Å². The zero-order valence-electron chi connectivity index (χ0n) is 64.1. The number of unbranched alkanes of at least 4 members (excludes halogenated alkanes) is 1. The molecule has 0 N–H and O–H groups in total. The predicted molar refractivity (Wildman–Crippen MR) is 432 cm³/mol. The minimum absolute atomic E-state index is 0.316. The number of esters is 3. The molecule has 0 bridgehead atoms. The standard InChI is InChI=1S/2C13H16O2.3C12H16.C11H20O2.2C10H14/c2*1-4-10(3)11-6-8-12(9-7-11)15-13(14)5-2;3*1-4-10(3)12-8-6-11(5-2)7-9-12;1-4-10(3)8-6-7-9-13-11(12)5-2;2*1-3-9(2)10-7-5-4-6-8-10/h2*5-10H,2,4H2,1,3H3;3*5-10H,2,4H2,1,3H3;5,10H,2,4,6-9H2,1,3H3;2*4-9H,3H2,1-2H3. The van der Waals surface area contributed by atoms with Gasteiger partial charge in [-0.2, -0.15) is 0 Å². The number of carbonyl (C=O) groups is 3. The average Bonchev–Trinajstić information content (AvgIpc) is 2.98. The van der Waals surface area contributed by atoms with E-state index in [1.165, 1.54) is 107 Å². The van der Waals surface area contributed by atoms with Crippen LogP contribution >= 0.6 is 0 Å². The average molecular weight is 1340 g/mol. The van der Waals surface area contributed by atoms with Gasteiger partial charge in [0.2, 0.25) is 0 Å². The molecule has 0 aliphatic rings. The molecule has 7 aromatic carbocycles. The molecule has 8 unspecified atom stereocenters. The molecule has 0 saturated carbocycles. The van der Waals surface area contributed by atoms with Crippen molar-refractivity contribution in [1.29, 1.82) is 0 Å². The SMILES string of the molecule is C=CC(=O)OCCCCC(C)CC.C=CC(=O)Oc1ccc(C(C)CC)cc1.C=CC(=O)Oc1ccc(C(C)CC)cc1.C=Cc1ccc(C(C)CC)cc1.C=Cc1ccc(C(C)CC)cc1.C=Cc1ccc(C(C)CC)cc1.CCC(C)c1ccccc1.CCC(C)c1ccccc1. The first-order valence-electron chi connectivity index (χ1n) is 36.5. The van der Waals surface area contributed by atoms with Crippen molar-refractivity contribution in [3.8, 4) is 11.5 Å². The van der Waals surface area contributed by atoms with Gasteiger partial charge in [-0.25, -0.2) is 14.4 Å². The van der Waals surface area contributed by atoms with Gasteiger partial charge in [-0.1, -0.05) is 339 Å². The second-order valence-electron chi connectivity index (χ2n) is 25.4. The molecule has 7 rings (SSSR count). The van der Waals surface area contributed by atoms with E-state index < -0.39 is 11.9 Å². The van der Waals surface area contributed by atoms with Gasteiger partial charge in [0.15, 0.2) is 0 Å². The number of hydrogen-bond donors (Lipinski definition) is 0. The topological polar surface area (TPSA) is 78.9 Å². The van der Waals surface area contributed by atoms with Crippen LogP contribution in [0.4, 0.5) is 0 Å². The molecule has 536 valence electrons. The molecular formula is C93H128O6. The minimum atomic E-state index is -0.425. The zero-order valence-corrected chi connectivity index (χ0v) is 64.1. The normalized spacial score (nSPS) is 12.4. The third kappa shape index (κ3) is 40.8. The zero-order chi connectivity index (χ0) is 74.3. The molecule has 0 spiro atoms. The van der Waals surface area contributed by atoms with Crippen LogP contribution in [0.2, 0.25) is 0 Å². The van der Waals surface area contributed by atoms with Crippen molar-refractivity contribution in [2.75, 3.05) is 6.61 Å². The maximum atomic E-state index is 10.9. The number of carbonyl (C=O) groups excluding carboxylic acids is 3. The van der Waals surface area contributed by atoms with Gasteiger partial charge in [0.25, 0.3) is 0 Å². The van der Waals surface area contributed by atoms with Crippen LogP contribution in [0.3, 0.4) is 0 Å². The van der Waals surface area contributed by atoms with Crippen molar-refractivity contribution in [2.45, 2.75) is 223 Å². The largest absolute Gasteiger partial charge is 0.463 e. The molecule has 7 aromatic rings. The summed E-state index contributed by atoms with van der Waals surface area (Å²) in [6.45, 7) is 57.2. The van der Waals surface area contributed by atoms with E-state index in [2.05, 4.69) is 284 Å². The summed E-state index contributed by atoms with van der Waals surface area (Å²) in [4.78, 5) is 32.5. The van der Waals surface area contributed by atoms with Crippen LogP contribution in [-0.2, 0) is 19.1 Å². The lowest BCUT2D eigenvalue weighted by atomic mass is 9.98. The van der Waals surface area contributed by atoms with Gasteiger partial charge in [0, 0.05) is 18.2 Å². The third-order valence-corrected chi connectivity index (χ3v) is 18.1. The number of rotatable bonds is 28. The van der Waals surface area contributed by atoms with E-state index in [0.29, 0.717) is 59.5 Å². The van der Waals surface area contributed by atoms with Crippen LogP contribution in [-0.4, -0.2) is 24.5 Å². The number of benzene rings is 7. The molecule has 0 fully saturated rings. The van der Waals surface area contributed by atoms with Crippen molar-refractivity contribution in [3.05, 3.63) is 295 Å². The molecule has 0 aromatic heterocycles. The Bertz CT molecular complexity index is 2980. The Morgan fingerprint density at radius 1 is 0.303 bits per heavy atom. The molecular weight excluding hydrogens is 1210 g/mol. The summed E-state index contributed by atoms with van der Waals surface area (Å²) in [5, 5.41) is 0. The van der Waals surface area contributed by atoms with Gasteiger partial charge in [-0.05, 0) is 185 Å². The summed E-state index contributed by atoms with van der Waals surface area (Å²) in [6, 6.07) is 62.3. The van der Waals surface area contributed by atoms with Crippen molar-refractivity contribution in [3.63, 3.8) is 0 Å². The maximum absolute atomic E-state index is 10.9. The van der Waals surface area contributed by atoms with Gasteiger partial charge in [0.05, 0.1) is 6.61 Å². The molecule has 0 aliphatic carbocycles. The summed E-state index contributed by atoms with van der Waals surface area (Å²) in [6.07, 6.45) is 22.0. The molecule has 0 amide bonds. The Labute approximate surface area is 603 Å². The van der Waals surface area contributed by atoms with E-state index in [1.807, 2.05) is 66.8 Å². The van der Waals surface area contributed by atoms with E-state index in [9.17, 15) is 14.4 Å². The van der Waals surface area contributed by atoms with E-state index in [1.54, 1.807) is 0 Å². The molecule has 0 radical (unpaired) electrons. The predicted octanol–water partition coefficient (Wildman–Crippen LogP) is 27.4. The summed E-state index contributed by atoms with van der Waals surface area (Å²) in [5.74, 6) is 5.25. The maximum Gasteiger partial charge on any atom is 0.335 e. The molecule has 0 aliphatic heterocycles. The first-order chi connectivity index (χ1) is 47.5. The second kappa shape index (κ2) is 56.3. The lowest BCUT2D eigenvalue weighted by Crippen LogP contribution is -2.03. The highest BCUT2D eigenvalue weighted by atomic mass is 16.5. The smallest absolute Gasteiger partial charge is 0.335 e. The van der Waals surface area contributed by atoms with Gasteiger partial charge in [0.1, 0.15) is 11.5 Å². The van der Waals surface area contributed by atoms with Gasteiger partial charge in [-0.3, -0.25) is 0 Å². The highest BCUT2D eigenvalue weighted by Crippen LogP contribution is 2.25. The molecule has 6 nitrogen and oxygen atoms in total. The fourth-order valence-corrected chi connectivity index (χ4v) is 9.17. The second-order valence-corrected chi connectivity index (χ2v) is 25.4. The number of ether oxygens (including phenoxy) is 3. The molecule has 6 heteroatoms. The fraction of sp³-hybridized carbons (Fsp3) is 0.387. The molecule has 0 saturated heterocycles. The van der Waals surface area contributed by atoms with Crippen molar-refractivity contribution in [2.24, 2.45) is 5.92 Å². The lowest BCUT2D eigenvalue weighted by Gasteiger charge is -2.09. The summed E-state index contributed by atoms with van der Waals surface area (Å²) in [5.41, 5.74) is 13.3. The highest BCUT2D eigenvalue weighted by molar-refractivity contribution is 5.84. The Balaban J connectivity index is 0.00000111. The first-order valence-corrected chi connectivity index (χ1v) is 36.5. The summed E-state index contributed by atoms with van der Waals surface area (Å²) < 4.78 is 14.8. The lowest BCUT2D eigenvalue weighted by molar-refractivity contribution is -0.138. The molecule has 8 atom stereocenters. The first kappa shape index (κ1) is 90.4. The van der Waals surface area contributed by atoms with Crippen LogP contribution < -0.4 is 9.47 Å². The van der Waals surface area contributed by atoms with Gasteiger partial charge in [-0.15, -0.1) is 0 Å². The van der Waals surface area contributed by atoms with E-state index in [4.69, 9.17) is 14.2 Å². The Morgan fingerprint density at radius 3 is 0.747 bits per heavy atom. The van der Waals surface area contributed by atoms with Crippen LogP contribution in [0, 0.1) is 5.92 Å². The summed E-state index contributed by atoms with van der Waals surface area (Å²) in [7, 11) is 0. The van der Waals surface area contributed by atoms with Crippen LogP contribution in [0.25, 0.3) is 18.2 Å². The minimum Gasteiger partial charge on any atom is -0.463 e. The molecule has 0 heterocycles. The van der Waals surface area contributed by atoms with Crippen LogP contribution in [0.5, 0.6) is 11.5 Å². The monoisotopic (exact) mass is 1340 g/mol. The number of hydrogen-bond acceptors (Lipinski definition) is 6. The van der Waals surface area contributed by atoms with E-state index in [-0.39, 0.29) is 5.97 Å². The third-order valence-electron chi connectivity index (χ3n) is 18.1. The Hall–Kier alpha value is -8.61. The summed E-state index contributed by atoms with van der Waals surface area (Å²) >= 11 is 0. The van der Waals surface area contributed by atoms with E-state index >= 15 is 0 Å². The Morgan fingerprint density at radius 2 is 0.535 bits per heavy atom. The Kier molecular flexibility index (Phi) is 51.4. The van der Waals surface area contributed by atoms with E-state index in [0.717, 1.165) is 43.8 Å². The van der Waals surface area contributed by atoms with Crippen molar-refractivity contribution < 1.29 is 28.6 Å². The molecule has 99 heavy (non-hydrogen) atoms. The quantitative estimate of drug-likeness (QED) is 0.0210. The van der Waals surface area contributed by atoms with Crippen molar-refractivity contribution >= 4 is 36.1 Å². The van der Waals surface area contributed by atoms with Crippen LogP contribution in [0.15, 0.2) is 240 Å². The van der Waals surface area contributed by atoms with Gasteiger partial charge < -0.3 is 14.2 Å². The highest BCUT2D eigenvalue weighted by Gasteiger charge is 2.08. The fourth-order valence-electron chi connectivity index (χ4n) is 9.17.